The van der Waals surface area contributed by atoms with E-state index in [1.807, 2.05) is 6.92 Å². The molecule has 0 aromatic heterocycles. The minimum absolute atomic E-state index is 0.0378. The van der Waals surface area contributed by atoms with Crippen LogP contribution in [0, 0.1) is 17.2 Å². The molecule has 0 saturated carbocycles. The van der Waals surface area contributed by atoms with Crippen molar-refractivity contribution < 1.29 is 9.53 Å². The van der Waals surface area contributed by atoms with Gasteiger partial charge in [-0.3, -0.25) is 4.79 Å². The lowest BCUT2D eigenvalue weighted by Gasteiger charge is -2.31. The van der Waals surface area contributed by atoms with Crippen molar-refractivity contribution in [1.82, 2.24) is 4.90 Å². The Kier molecular flexibility index (Phi) is 5.87. The molecule has 0 aromatic carbocycles. The number of nitrogens with zero attached hydrogens (tertiary/aromatic N) is 2. The Bertz CT molecular complexity index is 260. The van der Waals surface area contributed by atoms with Crippen molar-refractivity contribution in [2.45, 2.75) is 32.6 Å². The summed E-state index contributed by atoms with van der Waals surface area (Å²) in [6, 6.07) is 2.14. The molecular formula is C12H20N2O2. The zero-order valence-corrected chi connectivity index (χ0v) is 9.95. The summed E-state index contributed by atoms with van der Waals surface area (Å²) in [5, 5.41) is 8.46. The minimum Gasteiger partial charge on any atom is -0.466 e. The van der Waals surface area contributed by atoms with Crippen molar-refractivity contribution in [2.24, 2.45) is 5.92 Å². The summed E-state index contributed by atoms with van der Waals surface area (Å²) in [7, 11) is 0. The van der Waals surface area contributed by atoms with Crippen LogP contribution in [0.5, 0.6) is 0 Å². The molecule has 0 spiro atoms. The Morgan fingerprint density at radius 2 is 2.44 bits per heavy atom. The highest BCUT2D eigenvalue weighted by atomic mass is 16.5. The fourth-order valence-electron chi connectivity index (χ4n) is 2.09. The fraction of sp³-hybridized carbons (Fsp3) is 0.833. The number of unbranched alkanes of at least 4 members (excludes halogenated alkanes) is 1. The Morgan fingerprint density at radius 3 is 3.12 bits per heavy atom. The third-order valence-corrected chi connectivity index (χ3v) is 2.89. The van der Waals surface area contributed by atoms with Crippen molar-refractivity contribution in [1.29, 1.82) is 5.26 Å². The molecule has 1 rings (SSSR count). The van der Waals surface area contributed by atoms with Crippen molar-refractivity contribution >= 4 is 5.97 Å². The van der Waals surface area contributed by atoms with Gasteiger partial charge in [-0.05, 0) is 39.3 Å². The van der Waals surface area contributed by atoms with E-state index in [4.69, 9.17) is 10.00 Å². The predicted molar refractivity (Wildman–Crippen MR) is 60.6 cm³/mol. The second-order valence-corrected chi connectivity index (χ2v) is 4.15. The lowest BCUT2D eigenvalue weighted by molar-refractivity contribution is -0.149. The van der Waals surface area contributed by atoms with E-state index in [2.05, 4.69) is 11.0 Å². The molecule has 1 aliphatic rings. The van der Waals surface area contributed by atoms with Gasteiger partial charge in [-0.15, -0.1) is 0 Å². The van der Waals surface area contributed by atoms with Gasteiger partial charge in [0.1, 0.15) is 0 Å². The molecule has 0 radical (unpaired) electrons. The molecular weight excluding hydrogens is 204 g/mol. The maximum Gasteiger partial charge on any atom is 0.310 e. The topological polar surface area (TPSA) is 53.3 Å². The monoisotopic (exact) mass is 224 g/mol. The number of nitriles is 1. The number of ether oxygens (including phenoxy) is 1. The Labute approximate surface area is 97.2 Å². The minimum atomic E-state index is -0.0625. The van der Waals surface area contributed by atoms with Gasteiger partial charge in [0, 0.05) is 13.0 Å². The van der Waals surface area contributed by atoms with Crippen molar-refractivity contribution in [3.63, 3.8) is 0 Å². The van der Waals surface area contributed by atoms with Gasteiger partial charge in [-0.1, -0.05) is 0 Å². The molecule has 90 valence electrons. The lowest BCUT2D eigenvalue weighted by Crippen LogP contribution is -2.39. The van der Waals surface area contributed by atoms with E-state index in [-0.39, 0.29) is 11.9 Å². The number of carbonyl (C=O) groups is 1. The smallest absolute Gasteiger partial charge is 0.310 e. The van der Waals surface area contributed by atoms with Gasteiger partial charge in [0.25, 0.3) is 0 Å². The third-order valence-electron chi connectivity index (χ3n) is 2.89. The second kappa shape index (κ2) is 7.24. The quantitative estimate of drug-likeness (QED) is 0.525. The summed E-state index contributed by atoms with van der Waals surface area (Å²) in [6.07, 6.45) is 3.48. The summed E-state index contributed by atoms with van der Waals surface area (Å²) < 4.78 is 5.04. The molecule has 1 heterocycles. The second-order valence-electron chi connectivity index (χ2n) is 4.15. The summed E-state index contributed by atoms with van der Waals surface area (Å²) >= 11 is 0. The molecule has 0 unspecified atom stereocenters. The van der Waals surface area contributed by atoms with Gasteiger partial charge in [0.2, 0.25) is 0 Å². The van der Waals surface area contributed by atoms with Gasteiger partial charge < -0.3 is 9.64 Å². The first-order chi connectivity index (χ1) is 7.77. The Hall–Kier alpha value is -1.08. The van der Waals surface area contributed by atoms with Crippen molar-refractivity contribution in [3.05, 3.63) is 0 Å². The number of hydrogen-bond donors (Lipinski definition) is 0. The first kappa shape index (κ1) is 13.0. The lowest BCUT2D eigenvalue weighted by atomic mass is 9.98. The van der Waals surface area contributed by atoms with Gasteiger partial charge in [0.05, 0.1) is 18.6 Å². The van der Waals surface area contributed by atoms with E-state index >= 15 is 0 Å². The van der Waals surface area contributed by atoms with Crippen molar-refractivity contribution in [3.8, 4) is 6.07 Å². The van der Waals surface area contributed by atoms with Gasteiger partial charge in [-0.25, -0.2) is 0 Å². The van der Waals surface area contributed by atoms with E-state index in [1.165, 1.54) is 0 Å². The summed E-state index contributed by atoms with van der Waals surface area (Å²) in [4.78, 5) is 13.8. The maximum absolute atomic E-state index is 11.6. The van der Waals surface area contributed by atoms with Crippen LogP contribution in [-0.2, 0) is 9.53 Å². The van der Waals surface area contributed by atoms with Crippen LogP contribution in [0.1, 0.15) is 32.6 Å². The Balaban J connectivity index is 2.29. The van der Waals surface area contributed by atoms with E-state index in [0.717, 1.165) is 38.9 Å². The molecule has 0 N–H and O–H groups in total. The highest BCUT2D eigenvalue weighted by Gasteiger charge is 2.26. The molecule has 0 amide bonds. The van der Waals surface area contributed by atoms with Crippen LogP contribution in [0.25, 0.3) is 0 Å². The molecule has 4 nitrogen and oxygen atoms in total. The molecule has 0 aliphatic carbocycles. The molecule has 4 heteroatoms. The van der Waals surface area contributed by atoms with E-state index in [9.17, 15) is 4.79 Å². The third kappa shape index (κ3) is 4.19. The molecule has 1 saturated heterocycles. The largest absolute Gasteiger partial charge is 0.466 e. The molecule has 0 aromatic rings. The number of rotatable bonds is 5. The number of carbonyl (C=O) groups excluding carboxylic acids is 1. The number of hydrogen-bond acceptors (Lipinski definition) is 4. The van der Waals surface area contributed by atoms with Crippen LogP contribution in [0.15, 0.2) is 0 Å². The highest BCUT2D eigenvalue weighted by Crippen LogP contribution is 2.18. The van der Waals surface area contributed by atoms with Gasteiger partial charge in [-0.2, -0.15) is 5.26 Å². The standard InChI is InChI=1S/C12H20N2O2/c1-2-16-12(15)11-6-5-9-14(10-11)8-4-3-7-13/h11H,2-6,8-10H2,1H3/t11-/m0/s1. The van der Waals surface area contributed by atoms with Gasteiger partial charge in [0.15, 0.2) is 0 Å². The average molecular weight is 224 g/mol. The first-order valence-corrected chi connectivity index (χ1v) is 6.04. The van der Waals surface area contributed by atoms with E-state index < -0.39 is 0 Å². The number of piperidine rings is 1. The fourth-order valence-corrected chi connectivity index (χ4v) is 2.09. The van der Waals surface area contributed by atoms with E-state index in [1.54, 1.807) is 0 Å². The summed E-state index contributed by atoms with van der Waals surface area (Å²) in [5.41, 5.74) is 0. The van der Waals surface area contributed by atoms with Crippen LogP contribution in [0.3, 0.4) is 0 Å². The average Bonchev–Trinajstić information content (AvgIpc) is 2.30. The highest BCUT2D eigenvalue weighted by molar-refractivity contribution is 5.72. The molecule has 1 atom stereocenters. The van der Waals surface area contributed by atoms with E-state index in [0.29, 0.717) is 13.0 Å². The normalized spacial score (nSPS) is 21.4. The molecule has 1 aliphatic heterocycles. The molecule has 1 fully saturated rings. The van der Waals surface area contributed by atoms with Crippen LogP contribution < -0.4 is 0 Å². The zero-order valence-electron chi connectivity index (χ0n) is 9.95. The Morgan fingerprint density at radius 1 is 1.62 bits per heavy atom. The van der Waals surface area contributed by atoms with Crippen LogP contribution in [0.4, 0.5) is 0 Å². The van der Waals surface area contributed by atoms with Crippen molar-refractivity contribution in [2.75, 3.05) is 26.2 Å². The summed E-state index contributed by atoms with van der Waals surface area (Å²) in [5.74, 6) is -0.0248. The van der Waals surface area contributed by atoms with Crippen LogP contribution >= 0.6 is 0 Å². The van der Waals surface area contributed by atoms with Crippen LogP contribution in [0.2, 0.25) is 0 Å². The van der Waals surface area contributed by atoms with Gasteiger partial charge >= 0.3 is 5.97 Å². The zero-order chi connectivity index (χ0) is 11.8. The number of likely N-dealkylation sites (tertiary alicyclic amines) is 1. The molecule has 16 heavy (non-hydrogen) atoms. The SMILES string of the molecule is CCOC(=O)[C@H]1CCCN(CCCC#N)C1. The predicted octanol–water partition coefficient (Wildman–Crippen LogP) is 1.57. The molecule has 0 bridgehead atoms. The van der Waals surface area contributed by atoms with Crippen LogP contribution in [-0.4, -0.2) is 37.1 Å². The first-order valence-electron chi connectivity index (χ1n) is 6.04. The maximum atomic E-state index is 11.6. The summed E-state index contributed by atoms with van der Waals surface area (Å²) in [6.45, 7) is 5.06. The number of esters is 1.